The first-order valence-electron chi connectivity index (χ1n) is 8.37. The number of nitrogens with zero attached hydrogens (tertiary/aromatic N) is 1. The third kappa shape index (κ3) is 5.46. The van der Waals surface area contributed by atoms with Crippen molar-refractivity contribution in [2.75, 3.05) is 6.54 Å². The van der Waals surface area contributed by atoms with Crippen LogP contribution in [0.3, 0.4) is 0 Å². The van der Waals surface area contributed by atoms with E-state index >= 15 is 0 Å². The molecule has 0 spiro atoms. The summed E-state index contributed by atoms with van der Waals surface area (Å²) in [4.78, 5) is 27.7. The zero-order valence-corrected chi connectivity index (χ0v) is 15.2. The smallest absolute Gasteiger partial charge is 0.239 e. The Morgan fingerprint density at radius 1 is 1.07 bits per heavy atom. The summed E-state index contributed by atoms with van der Waals surface area (Å²) in [5.74, 6) is 1.07. The SMILES string of the molecule is O=C(CCc1ncc(-c2ccccc2Cl)o1)NCC(=O)NCc1ccco1. The van der Waals surface area contributed by atoms with E-state index in [9.17, 15) is 9.59 Å². The first kappa shape index (κ1) is 18.7. The molecule has 0 radical (unpaired) electrons. The molecule has 0 aliphatic rings. The van der Waals surface area contributed by atoms with Gasteiger partial charge in [-0.3, -0.25) is 9.59 Å². The van der Waals surface area contributed by atoms with Crippen LogP contribution in [0.5, 0.6) is 0 Å². The van der Waals surface area contributed by atoms with E-state index in [2.05, 4.69) is 15.6 Å². The van der Waals surface area contributed by atoms with Gasteiger partial charge in [-0.25, -0.2) is 4.98 Å². The topological polar surface area (TPSA) is 97.4 Å². The summed E-state index contributed by atoms with van der Waals surface area (Å²) in [7, 11) is 0. The van der Waals surface area contributed by atoms with Gasteiger partial charge in [-0.2, -0.15) is 0 Å². The Balaban J connectivity index is 1.40. The number of halogens is 1. The van der Waals surface area contributed by atoms with Gasteiger partial charge < -0.3 is 19.5 Å². The maximum absolute atomic E-state index is 11.9. The van der Waals surface area contributed by atoms with Crippen molar-refractivity contribution in [3.05, 3.63) is 65.5 Å². The van der Waals surface area contributed by atoms with Crippen LogP contribution in [0.15, 0.2) is 57.7 Å². The van der Waals surface area contributed by atoms with Gasteiger partial charge in [0.25, 0.3) is 0 Å². The van der Waals surface area contributed by atoms with Crippen molar-refractivity contribution in [3.63, 3.8) is 0 Å². The van der Waals surface area contributed by atoms with E-state index in [1.165, 1.54) is 6.26 Å². The Morgan fingerprint density at radius 3 is 2.70 bits per heavy atom. The molecule has 0 aliphatic heterocycles. The maximum Gasteiger partial charge on any atom is 0.239 e. The van der Waals surface area contributed by atoms with Gasteiger partial charge in [0, 0.05) is 18.4 Å². The van der Waals surface area contributed by atoms with Gasteiger partial charge in [0.1, 0.15) is 5.76 Å². The predicted molar refractivity (Wildman–Crippen MR) is 98.8 cm³/mol. The number of benzene rings is 1. The Morgan fingerprint density at radius 2 is 1.93 bits per heavy atom. The van der Waals surface area contributed by atoms with Crippen LogP contribution in [0.2, 0.25) is 5.02 Å². The van der Waals surface area contributed by atoms with Gasteiger partial charge in [0.15, 0.2) is 11.7 Å². The van der Waals surface area contributed by atoms with Crippen molar-refractivity contribution in [1.29, 1.82) is 0 Å². The molecule has 7 nitrogen and oxygen atoms in total. The number of amides is 2. The van der Waals surface area contributed by atoms with E-state index in [4.69, 9.17) is 20.4 Å². The predicted octanol–water partition coefficient (Wildman–Crippen LogP) is 2.95. The monoisotopic (exact) mass is 387 g/mol. The molecule has 140 valence electrons. The van der Waals surface area contributed by atoms with Gasteiger partial charge in [-0.15, -0.1) is 0 Å². The molecule has 2 N–H and O–H groups in total. The molecular formula is C19H18ClN3O4. The molecule has 3 rings (SSSR count). The highest BCUT2D eigenvalue weighted by molar-refractivity contribution is 6.33. The fraction of sp³-hybridized carbons (Fsp3) is 0.211. The molecule has 0 saturated carbocycles. The molecule has 0 aliphatic carbocycles. The van der Waals surface area contributed by atoms with Gasteiger partial charge in [-0.05, 0) is 24.3 Å². The average molecular weight is 388 g/mol. The fourth-order valence-electron chi connectivity index (χ4n) is 2.36. The van der Waals surface area contributed by atoms with Crippen LogP contribution in [0, 0.1) is 0 Å². The molecule has 0 bridgehead atoms. The van der Waals surface area contributed by atoms with Crippen LogP contribution in [0.4, 0.5) is 0 Å². The summed E-state index contributed by atoms with van der Waals surface area (Å²) in [6.07, 6.45) is 3.60. The van der Waals surface area contributed by atoms with E-state index in [1.54, 1.807) is 24.4 Å². The van der Waals surface area contributed by atoms with Gasteiger partial charge in [0.2, 0.25) is 11.8 Å². The second-order valence-corrected chi connectivity index (χ2v) is 6.14. The number of aromatic nitrogens is 1. The molecule has 3 aromatic rings. The van der Waals surface area contributed by atoms with Crippen LogP contribution >= 0.6 is 11.6 Å². The molecule has 2 heterocycles. The average Bonchev–Trinajstić information content (AvgIpc) is 3.35. The summed E-state index contributed by atoms with van der Waals surface area (Å²) in [5.41, 5.74) is 0.746. The van der Waals surface area contributed by atoms with Gasteiger partial charge in [0.05, 0.1) is 30.6 Å². The number of hydrogen-bond donors (Lipinski definition) is 2. The van der Waals surface area contributed by atoms with Crippen molar-refractivity contribution in [1.82, 2.24) is 15.6 Å². The van der Waals surface area contributed by atoms with Crippen LogP contribution in [-0.2, 0) is 22.6 Å². The molecular weight excluding hydrogens is 370 g/mol. The number of rotatable bonds is 8. The van der Waals surface area contributed by atoms with E-state index in [0.717, 1.165) is 5.56 Å². The Bertz CT molecular complexity index is 905. The highest BCUT2D eigenvalue weighted by Crippen LogP contribution is 2.28. The zero-order chi connectivity index (χ0) is 19.1. The molecule has 8 heteroatoms. The van der Waals surface area contributed by atoms with E-state index in [1.807, 2.05) is 18.2 Å². The molecule has 2 aromatic heterocycles. The quantitative estimate of drug-likeness (QED) is 0.619. The minimum absolute atomic E-state index is 0.101. The number of oxazole rings is 1. The first-order valence-corrected chi connectivity index (χ1v) is 8.75. The first-order chi connectivity index (χ1) is 13.1. The minimum Gasteiger partial charge on any atom is -0.467 e. The lowest BCUT2D eigenvalue weighted by molar-refractivity contribution is -0.126. The third-order valence-corrected chi connectivity index (χ3v) is 4.07. The minimum atomic E-state index is -0.295. The molecule has 1 aromatic carbocycles. The van der Waals surface area contributed by atoms with Crippen molar-refractivity contribution in [2.24, 2.45) is 0 Å². The molecule has 0 atom stereocenters. The van der Waals surface area contributed by atoms with Crippen LogP contribution in [0.1, 0.15) is 18.1 Å². The molecule has 27 heavy (non-hydrogen) atoms. The van der Waals surface area contributed by atoms with E-state index < -0.39 is 0 Å². The lowest BCUT2D eigenvalue weighted by atomic mass is 10.2. The fourth-order valence-corrected chi connectivity index (χ4v) is 2.59. The summed E-state index contributed by atoms with van der Waals surface area (Å²) in [6, 6.07) is 10.8. The standard InChI is InChI=1S/C19H18ClN3O4/c20-15-6-2-1-5-14(15)16-11-23-19(27-16)8-7-17(24)22-12-18(25)21-10-13-4-3-9-26-13/h1-6,9,11H,7-8,10,12H2,(H,21,25)(H,22,24). The Kier molecular flexibility index (Phi) is 6.27. The number of hydrogen-bond acceptors (Lipinski definition) is 5. The van der Waals surface area contributed by atoms with Crippen LogP contribution < -0.4 is 10.6 Å². The van der Waals surface area contributed by atoms with E-state index in [0.29, 0.717) is 28.9 Å². The Labute approximate surface area is 160 Å². The summed E-state index contributed by atoms with van der Waals surface area (Å²) < 4.78 is 10.8. The Hall–Kier alpha value is -3.06. The normalized spacial score (nSPS) is 10.6. The second-order valence-electron chi connectivity index (χ2n) is 5.73. The highest BCUT2D eigenvalue weighted by atomic mass is 35.5. The van der Waals surface area contributed by atoms with Gasteiger partial charge >= 0.3 is 0 Å². The van der Waals surface area contributed by atoms with Crippen molar-refractivity contribution in [2.45, 2.75) is 19.4 Å². The highest BCUT2D eigenvalue weighted by Gasteiger charge is 2.12. The molecule has 2 amide bonds. The number of aryl methyl sites for hydroxylation is 1. The second kappa shape index (κ2) is 9.05. The van der Waals surface area contributed by atoms with Crippen LogP contribution in [-0.4, -0.2) is 23.3 Å². The van der Waals surface area contributed by atoms with Crippen molar-refractivity contribution >= 4 is 23.4 Å². The third-order valence-electron chi connectivity index (χ3n) is 3.74. The van der Waals surface area contributed by atoms with E-state index in [-0.39, 0.29) is 31.3 Å². The number of carbonyl (C=O) groups is 2. The summed E-state index contributed by atoms with van der Waals surface area (Å²) in [6.45, 7) is 0.179. The van der Waals surface area contributed by atoms with Gasteiger partial charge in [-0.1, -0.05) is 23.7 Å². The summed E-state index contributed by atoms with van der Waals surface area (Å²) >= 11 is 6.13. The molecule has 0 saturated heterocycles. The molecule has 0 fully saturated rings. The molecule has 0 unspecified atom stereocenters. The number of furan rings is 1. The van der Waals surface area contributed by atoms with Crippen LogP contribution in [0.25, 0.3) is 11.3 Å². The lowest BCUT2D eigenvalue weighted by Gasteiger charge is -2.05. The number of nitrogens with one attached hydrogen (secondary N) is 2. The largest absolute Gasteiger partial charge is 0.467 e. The zero-order valence-electron chi connectivity index (χ0n) is 14.4. The van der Waals surface area contributed by atoms with Crippen molar-refractivity contribution in [3.8, 4) is 11.3 Å². The lowest BCUT2D eigenvalue weighted by Crippen LogP contribution is -2.36. The maximum atomic E-state index is 11.9. The summed E-state index contributed by atoms with van der Waals surface area (Å²) in [5, 5.41) is 5.78. The number of carbonyl (C=O) groups excluding carboxylic acids is 2. The van der Waals surface area contributed by atoms with Crippen molar-refractivity contribution < 1.29 is 18.4 Å².